The summed E-state index contributed by atoms with van der Waals surface area (Å²) in [6, 6.07) is 7.79. The lowest BCUT2D eigenvalue weighted by Gasteiger charge is -2.23. The Labute approximate surface area is 214 Å². The third kappa shape index (κ3) is 4.59. The summed E-state index contributed by atoms with van der Waals surface area (Å²) in [5.41, 5.74) is 2.41. The summed E-state index contributed by atoms with van der Waals surface area (Å²) >= 11 is 0. The van der Waals surface area contributed by atoms with Crippen LogP contribution in [0.15, 0.2) is 36.5 Å². The number of anilines is 1. The van der Waals surface area contributed by atoms with E-state index in [0.29, 0.717) is 36.9 Å². The van der Waals surface area contributed by atoms with E-state index in [1.54, 1.807) is 29.3 Å². The van der Waals surface area contributed by atoms with E-state index in [1.807, 2.05) is 0 Å². The smallest absolute Gasteiger partial charge is 0.258 e. The highest BCUT2D eigenvalue weighted by atomic mass is 32.2. The summed E-state index contributed by atoms with van der Waals surface area (Å²) in [4.78, 5) is 33.0. The van der Waals surface area contributed by atoms with Crippen LogP contribution in [-0.4, -0.2) is 73.1 Å². The maximum atomic E-state index is 13.3. The minimum Gasteiger partial charge on any atom is -0.505 e. The van der Waals surface area contributed by atoms with Crippen molar-refractivity contribution in [1.29, 1.82) is 0 Å². The van der Waals surface area contributed by atoms with Crippen LogP contribution in [0.2, 0.25) is 0 Å². The van der Waals surface area contributed by atoms with Crippen molar-refractivity contribution in [2.45, 2.75) is 25.8 Å². The molecule has 9 nitrogen and oxygen atoms in total. The predicted molar refractivity (Wildman–Crippen MR) is 136 cm³/mol. The molecule has 3 heterocycles. The number of hydrogen-bond acceptors (Lipinski definition) is 6. The van der Waals surface area contributed by atoms with Gasteiger partial charge in [-0.3, -0.25) is 18.9 Å². The number of aromatic nitrogens is 1. The average molecular weight is 527 g/mol. The largest absolute Gasteiger partial charge is 0.505 e. The van der Waals surface area contributed by atoms with Crippen LogP contribution in [0, 0.1) is 5.82 Å². The van der Waals surface area contributed by atoms with Crippen molar-refractivity contribution >= 4 is 38.4 Å². The normalized spacial score (nSPS) is 15.6. The highest BCUT2D eigenvalue weighted by Gasteiger charge is 2.37. The molecule has 2 aliphatic rings. The van der Waals surface area contributed by atoms with Crippen molar-refractivity contribution in [3.63, 3.8) is 0 Å². The maximum Gasteiger partial charge on any atom is 0.258 e. The van der Waals surface area contributed by atoms with Crippen LogP contribution in [-0.2, 0) is 27.8 Å². The fraction of sp³-hybridized carbons (Fsp3) is 0.346. The van der Waals surface area contributed by atoms with Crippen LogP contribution < -0.4 is 4.31 Å². The van der Waals surface area contributed by atoms with Gasteiger partial charge < -0.3 is 14.9 Å². The second kappa shape index (κ2) is 9.29. The van der Waals surface area contributed by atoms with Gasteiger partial charge in [0.05, 0.1) is 17.5 Å². The summed E-state index contributed by atoms with van der Waals surface area (Å²) < 4.78 is 39.7. The molecule has 1 fully saturated rings. The second-order valence-corrected chi connectivity index (χ2v) is 11.5. The van der Waals surface area contributed by atoms with E-state index >= 15 is 0 Å². The maximum absolute atomic E-state index is 13.3. The van der Waals surface area contributed by atoms with Gasteiger partial charge in [-0.25, -0.2) is 12.8 Å². The number of fused-ring (bicyclic) bond motifs is 2. The number of phenols is 1. The Morgan fingerprint density at radius 2 is 1.81 bits per heavy atom. The second-order valence-electron chi connectivity index (χ2n) is 9.54. The highest BCUT2D eigenvalue weighted by molar-refractivity contribution is 7.92. The number of likely N-dealkylation sites (tertiary alicyclic amines) is 1. The molecular formula is C26H27FN4O5S. The molecule has 0 aliphatic carbocycles. The van der Waals surface area contributed by atoms with Gasteiger partial charge in [0.15, 0.2) is 5.75 Å². The minimum atomic E-state index is -3.73. The number of amides is 2. The molecule has 0 radical (unpaired) electrons. The van der Waals surface area contributed by atoms with Crippen molar-refractivity contribution in [3.05, 3.63) is 64.6 Å². The topological polar surface area (TPSA) is 111 Å². The Hall–Kier alpha value is -3.73. The van der Waals surface area contributed by atoms with E-state index in [4.69, 9.17) is 0 Å². The van der Waals surface area contributed by atoms with Gasteiger partial charge in [-0.15, -0.1) is 0 Å². The van der Waals surface area contributed by atoms with Gasteiger partial charge in [-0.05, 0) is 42.2 Å². The molecule has 2 aromatic carbocycles. The van der Waals surface area contributed by atoms with Gasteiger partial charge in [-0.1, -0.05) is 12.1 Å². The van der Waals surface area contributed by atoms with E-state index in [9.17, 15) is 27.5 Å². The number of nitrogens with zero attached hydrogens (tertiary/aromatic N) is 4. The quantitative estimate of drug-likeness (QED) is 0.507. The van der Waals surface area contributed by atoms with E-state index in [2.05, 4.69) is 4.98 Å². The number of pyridine rings is 1. The standard InChI is InChI=1S/C26H27FN4O5S/c1-29(37(2,35)36)24-19-13-17(12-16-5-7-18(27)8-6-16)14-28-23(19)25(33)22-20(24)15-31(26(22)34)11-10-30-9-3-4-21(30)32/h5-8,13-14,33H,3-4,9-12,15H2,1-2H3. The molecule has 0 saturated carbocycles. The number of hydrogen-bond donors (Lipinski definition) is 1. The molecule has 2 amide bonds. The Morgan fingerprint density at radius 1 is 1.11 bits per heavy atom. The first-order chi connectivity index (χ1) is 17.5. The van der Waals surface area contributed by atoms with Gasteiger partial charge >= 0.3 is 0 Å². The molecule has 1 saturated heterocycles. The Bertz CT molecular complexity index is 1520. The molecule has 194 valence electrons. The molecule has 0 atom stereocenters. The lowest BCUT2D eigenvalue weighted by atomic mass is 9.98. The van der Waals surface area contributed by atoms with Gasteiger partial charge in [0, 0.05) is 56.8 Å². The van der Waals surface area contributed by atoms with Crippen LogP contribution in [0.1, 0.15) is 39.9 Å². The monoisotopic (exact) mass is 526 g/mol. The van der Waals surface area contributed by atoms with E-state index in [-0.39, 0.29) is 47.3 Å². The van der Waals surface area contributed by atoms with Gasteiger partial charge in [-0.2, -0.15) is 0 Å². The number of carbonyl (C=O) groups is 2. The first-order valence-corrected chi connectivity index (χ1v) is 13.8. The molecule has 0 spiro atoms. The summed E-state index contributed by atoms with van der Waals surface area (Å²) in [6.07, 6.45) is 4.32. The first kappa shape index (κ1) is 24.9. The van der Waals surface area contributed by atoms with Crippen molar-refractivity contribution in [2.24, 2.45) is 0 Å². The SMILES string of the molecule is CN(c1c2c(c(O)c3ncc(Cc4ccc(F)cc4)cc13)C(=O)N(CCN1CCCC1=O)C2)S(C)(=O)=O. The number of sulfonamides is 1. The van der Waals surface area contributed by atoms with Gasteiger partial charge in [0.1, 0.15) is 11.3 Å². The summed E-state index contributed by atoms with van der Waals surface area (Å²) in [7, 11) is -2.32. The summed E-state index contributed by atoms with van der Waals surface area (Å²) in [5.74, 6) is -1.02. The molecule has 37 heavy (non-hydrogen) atoms. The zero-order chi connectivity index (χ0) is 26.5. The van der Waals surface area contributed by atoms with Gasteiger partial charge in [0.2, 0.25) is 15.9 Å². The minimum absolute atomic E-state index is 0.0320. The Kier molecular flexibility index (Phi) is 6.26. The molecule has 1 aromatic heterocycles. The molecule has 1 N–H and O–H groups in total. The van der Waals surface area contributed by atoms with E-state index < -0.39 is 15.9 Å². The third-order valence-corrected chi connectivity index (χ3v) is 8.22. The van der Waals surface area contributed by atoms with Crippen LogP contribution in [0.4, 0.5) is 10.1 Å². The number of aromatic hydroxyl groups is 1. The number of carbonyl (C=O) groups excluding carboxylic acids is 2. The van der Waals surface area contributed by atoms with E-state index in [1.165, 1.54) is 24.1 Å². The molecule has 0 unspecified atom stereocenters. The zero-order valence-electron chi connectivity index (χ0n) is 20.6. The molecule has 5 rings (SSSR count). The lowest BCUT2D eigenvalue weighted by molar-refractivity contribution is -0.127. The number of rotatable bonds is 7. The summed E-state index contributed by atoms with van der Waals surface area (Å²) in [5, 5.41) is 11.5. The number of benzene rings is 2. The van der Waals surface area contributed by atoms with Gasteiger partial charge in [0.25, 0.3) is 5.91 Å². The average Bonchev–Trinajstić information content (AvgIpc) is 3.41. The molecule has 0 bridgehead atoms. The van der Waals surface area contributed by atoms with Crippen LogP contribution >= 0.6 is 0 Å². The lowest BCUT2D eigenvalue weighted by Crippen LogP contribution is -2.36. The fourth-order valence-corrected chi connectivity index (χ4v) is 5.59. The van der Waals surface area contributed by atoms with Crippen LogP contribution in [0.25, 0.3) is 10.9 Å². The number of halogens is 1. The van der Waals surface area contributed by atoms with Crippen LogP contribution in [0.5, 0.6) is 5.75 Å². The third-order valence-electron chi connectivity index (χ3n) is 7.04. The van der Waals surface area contributed by atoms with Crippen LogP contribution in [0.3, 0.4) is 0 Å². The highest BCUT2D eigenvalue weighted by Crippen LogP contribution is 2.44. The fourth-order valence-electron chi connectivity index (χ4n) is 5.05. The van der Waals surface area contributed by atoms with Crippen molar-refractivity contribution in [3.8, 4) is 5.75 Å². The molecule has 11 heteroatoms. The van der Waals surface area contributed by atoms with Crippen molar-refractivity contribution in [1.82, 2.24) is 14.8 Å². The number of phenolic OH excluding ortho intramolecular Hbond substituents is 1. The van der Waals surface area contributed by atoms with Crippen molar-refractivity contribution < 1.29 is 27.5 Å². The van der Waals surface area contributed by atoms with E-state index in [0.717, 1.165) is 28.1 Å². The molecule has 2 aliphatic heterocycles. The van der Waals surface area contributed by atoms with Crippen molar-refractivity contribution in [2.75, 3.05) is 37.2 Å². The predicted octanol–water partition coefficient (Wildman–Crippen LogP) is 2.64. The summed E-state index contributed by atoms with van der Waals surface area (Å²) in [6.45, 7) is 1.37. The Balaban J connectivity index is 1.58. The first-order valence-electron chi connectivity index (χ1n) is 12.0. The molecular weight excluding hydrogens is 499 g/mol. The Morgan fingerprint density at radius 3 is 2.46 bits per heavy atom. The molecule has 3 aromatic rings. The zero-order valence-corrected chi connectivity index (χ0v) is 21.4.